The lowest BCUT2D eigenvalue weighted by Crippen LogP contribution is -2.42. The molecular weight excluding hydrogens is 312 g/mol. The molecule has 7 heteroatoms. The van der Waals surface area contributed by atoms with E-state index in [9.17, 15) is 9.90 Å². The van der Waals surface area contributed by atoms with Crippen molar-refractivity contribution in [3.05, 3.63) is 48.0 Å². The number of hydrazone groups is 1. The first-order valence-corrected chi connectivity index (χ1v) is 7.26. The Balaban J connectivity index is 1.60. The molecule has 7 nitrogen and oxygen atoms in total. The van der Waals surface area contributed by atoms with Gasteiger partial charge in [0.15, 0.2) is 23.0 Å². The van der Waals surface area contributed by atoms with Gasteiger partial charge in [0.1, 0.15) is 6.61 Å². The van der Waals surface area contributed by atoms with E-state index < -0.39 is 12.0 Å². The fraction of sp³-hybridized carbons (Fsp3) is 0.176. The van der Waals surface area contributed by atoms with Crippen LogP contribution >= 0.6 is 0 Å². The zero-order valence-corrected chi connectivity index (χ0v) is 12.9. The third kappa shape index (κ3) is 3.40. The summed E-state index contributed by atoms with van der Waals surface area (Å²) in [5, 5.41) is 13.4. The molecule has 1 aliphatic rings. The van der Waals surface area contributed by atoms with Crippen LogP contribution in [0.2, 0.25) is 0 Å². The largest absolute Gasteiger partial charge is 0.504 e. The smallest absolute Gasteiger partial charge is 0.284 e. The van der Waals surface area contributed by atoms with Gasteiger partial charge in [0.05, 0.1) is 13.3 Å². The third-order valence-electron chi connectivity index (χ3n) is 3.39. The van der Waals surface area contributed by atoms with E-state index in [0.717, 1.165) is 0 Å². The summed E-state index contributed by atoms with van der Waals surface area (Å²) in [6, 6.07) is 11.9. The quantitative estimate of drug-likeness (QED) is 0.658. The number of fused-ring (bicyclic) bond motifs is 1. The van der Waals surface area contributed by atoms with Crippen LogP contribution in [0.5, 0.6) is 23.0 Å². The second kappa shape index (κ2) is 6.91. The number of nitrogens with one attached hydrogen (secondary N) is 1. The standard InChI is InChI=1S/C17H16N2O5/c1-22-15-8-11(6-7-12(15)20)9-18-19-17(21)16-10-23-13-4-2-3-5-14(13)24-16/h2-9,16,20H,10H2,1H3,(H,19,21)/b18-9+/t16-/m1/s1. The number of hydrogen-bond donors (Lipinski definition) is 2. The highest BCUT2D eigenvalue weighted by Crippen LogP contribution is 2.30. The van der Waals surface area contributed by atoms with Crippen molar-refractivity contribution in [2.75, 3.05) is 13.7 Å². The first-order chi connectivity index (χ1) is 11.7. The van der Waals surface area contributed by atoms with E-state index in [1.807, 2.05) is 6.07 Å². The van der Waals surface area contributed by atoms with Crippen LogP contribution < -0.4 is 19.6 Å². The summed E-state index contributed by atoms with van der Waals surface area (Å²) < 4.78 is 16.1. The minimum atomic E-state index is -0.772. The summed E-state index contributed by atoms with van der Waals surface area (Å²) in [5.41, 5.74) is 3.07. The van der Waals surface area contributed by atoms with Crippen molar-refractivity contribution in [1.29, 1.82) is 0 Å². The zero-order chi connectivity index (χ0) is 16.9. The first kappa shape index (κ1) is 15.7. The predicted molar refractivity (Wildman–Crippen MR) is 86.7 cm³/mol. The molecule has 0 saturated carbocycles. The van der Waals surface area contributed by atoms with E-state index in [4.69, 9.17) is 14.2 Å². The second-order valence-electron chi connectivity index (χ2n) is 5.03. The van der Waals surface area contributed by atoms with Gasteiger partial charge < -0.3 is 19.3 Å². The number of amides is 1. The lowest BCUT2D eigenvalue weighted by Gasteiger charge is -2.24. The summed E-state index contributed by atoms with van der Waals surface area (Å²) in [5.74, 6) is 1.08. The molecule has 2 N–H and O–H groups in total. The number of aromatic hydroxyl groups is 1. The molecule has 0 spiro atoms. The molecule has 1 aliphatic heterocycles. The molecule has 0 unspecified atom stereocenters. The molecule has 0 saturated heterocycles. The van der Waals surface area contributed by atoms with Crippen molar-refractivity contribution in [2.24, 2.45) is 5.10 Å². The Morgan fingerprint density at radius 2 is 2.12 bits per heavy atom. The van der Waals surface area contributed by atoms with Crippen molar-refractivity contribution >= 4 is 12.1 Å². The van der Waals surface area contributed by atoms with Crippen molar-refractivity contribution in [3.63, 3.8) is 0 Å². The number of para-hydroxylation sites is 2. The minimum absolute atomic E-state index is 0.0325. The van der Waals surface area contributed by atoms with Crippen LogP contribution in [0.25, 0.3) is 0 Å². The van der Waals surface area contributed by atoms with Gasteiger partial charge in [0, 0.05) is 0 Å². The topological polar surface area (TPSA) is 89.4 Å². The van der Waals surface area contributed by atoms with Crippen molar-refractivity contribution in [3.8, 4) is 23.0 Å². The molecule has 0 aromatic heterocycles. The molecular formula is C17H16N2O5. The fourth-order valence-electron chi connectivity index (χ4n) is 2.17. The molecule has 124 valence electrons. The predicted octanol–water partition coefficient (Wildman–Crippen LogP) is 1.69. The van der Waals surface area contributed by atoms with Crippen LogP contribution in [0.3, 0.4) is 0 Å². The van der Waals surface area contributed by atoms with E-state index in [1.54, 1.807) is 30.3 Å². The molecule has 0 aliphatic carbocycles. The first-order valence-electron chi connectivity index (χ1n) is 7.26. The lowest BCUT2D eigenvalue weighted by molar-refractivity contribution is -0.130. The van der Waals surface area contributed by atoms with Gasteiger partial charge in [-0.25, -0.2) is 5.43 Å². The van der Waals surface area contributed by atoms with Crippen LogP contribution in [0.4, 0.5) is 0 Å². The van der Waals surface area contributed by atoms with Crippen LogP contribution in [-0.2, 0) is 4.79 Å². The Hall–Kier alpha value is -3.22. The Morgan fingerprint density at radius 1 is 1.33 bits per heavy atom. The Labute approximate surface area is 138 Å². The highest BCUT2D eigenvalue weighted by Gasteiger charge is 2.26. The van der Waals surface area contributed by atoms with E-state index in [0.29, 0.717) is 22.8 Å². The molecule has 1 heterocycles. The highest BCUT2D eigenvalue weighted by atomic mass is 16.6. The summed E-state index contributed by atoms with van der Waals surface area (Å²) in [4.78, 5) is 12.1. The van der Waals surface area contributed by atoms with E-state index in [2.05, 4.69) is 10.5 Å². The van der Waals surface area contributed by atoms with Crippen molar-refractivity contribution in [2.45, 2.75) is 6.10 Å². The van der Waals surface area contributed by atoms with Gasteiger partial charge in [-0.3, -0.25) is 4.79 Å². The number of nitrogens with zero attached hydrogens (tertiary/aromatic N) is 1. The monoisotopic (exact) mass is 328 g/mol. The summed E-state index contributed by atoms with van der Waals surface area (Å²) in [6.07, 6.45) is 0.670. The van der Waals surface area contributed by atoms with E-state index in [1.165, 1.54) is 19.4 Å². The summed E-state index contributed by atoms with van der Waals surface area (Å²) in [6.45, 7) is 0.116. The molecule has 1 amide bonds. The molecule has 1 atom stereocenters. The fourth-order valence-corrected chi connectivity index (χ4v) is 2.17. The number of phenolic OH excluding ortho intramolecular Hbond substituents is 1. The molecule has 0 bridgehead atoms. The highest BCUT2D eigenvalue weighted by molar-refractivity contribution is 5.85. The normalized spacial score (nSPS) is 16.0. The number of phenols is 1. The third-order valence-corrected chi connectivity index (χ3v) is 3.39. The van der Waals surface area contributed by atoms with Crippen LogP contribution in [0.15, 0.2) is 47.6 Å². The minimum Gasteiger partial charge on any atom is -0.504 e. The van der Waals surface area contributed by atoms with Gasteiger partial charge in [-0.2, -0.15) is 5.10 Å². The van der Waals surface area contributed by atoms with Crippen LogP contribution in [-0.4, -0.2) is 37.0 Å². The molecule has 2 aromatic rings. The Kier molecular flexibility index (Phi) is 4.51. The number of rotatable bonds is 4. The van der Waals surface area contributed by atoms with Gasteiger partial charge in [-0.15, -0.1) is 0 Å². The van der Waals surface area contributed by atoms with Gasteiger partial charge in [-0.05, 0) is 35.9 Å². The summed E-state index contributed by atoms with van der Waals surface area (Å²) >= 11 is 0. The maximum Gasteiger partial charge on any atom is 0.284 e. The van der Waals surface area contributed by atoms with Gasteiger partial charge in [-0.1, -0.05) is 12.1 Å². The number of methoxy groups -OCH3 is 1. The number of hydrogen-bond acceptors (Lipinski definition) is 6. The lowest BCUT2D eigenvalue weighted by atomic mass is 10.2. The summed E-state index contributed by atoms with van der Waals surface area (Å²) in [7, 11) is 1.45. The van der Waals surface area contributed by atoms with Crippen molar-refractivity contribution in [1.82, 2.24) is 5.43 Å². The average Bonchev–Trinajstić information content (AvgIpc) is 2.62. The number of carbonyl (C=O) groups is 1. The van der Waals surface area contributed by atoms with Crippen molar-refractivity contribution < 1.29 is 24.1 Å². The SMILES string of the molecule is COc1cc(/C=N/NC(=O)[C@H]2COc3ccccc3O2)ccc1O. The molecule has 3 rings (SSSR count). The molecule has 0 fully saturated rings. The second-order valence-corrected chi connectivity index (χ2v) is 5.03. The Bertz CT molecular complexity index is 775. The number of carbonyl (C=O) groups excluding carboxylic acids is 1. The number of benzene rings is 2. The van der Waals surface area contributed by atoms with Gasteiger partial charge in [0.2, 0.25) is 6.10 Å². The van der Waals surface area contributed by atoms with Gasteiger partial charge in [0.25, 0.3) is 5.91 Å². The molecule has 24 heavy (non-hydrogen) atoms. The molecule has 0 radical (unpaired) electrons. The van der Waals surface area contributed by atoms with Crippen LogP contribution in [0, 0.1) is 0 Å². The van der Waals surface area contributed by atoms with Crippen LogP contribution in [0.1, 0.15) is 5.56 Å². The number of ether oxygens (including phenoxy) is 3. The van der Waals surface area contributed by atoms with E-state index in [-0.39, 0.29) is 12.4 Å². The van der Waals surface area contributed by atoms with E-state index >= 15 is 0 Å². The Morgan fingerprint density at radius 3 is 2.92 bits per heavy atom. The maximum atomic E-state index is 12.1. The molecule has 2 aromatic carbocycles. The average molecular weight is 328 g/mol. The van der Waals surface area contributed by atoms with Gasteiger partial charge >= 0.3 is 0 Å². The maximum absolute atomic E-state index is 12.1. The zero-order valence-electron chi connectivity index (χ0n) is 12.9.